The van der Waals surface area contributed by atoms with Crippen LogP contribution in [0.4, 0.5) is 0 Å². The molecule has 0 amide bonds. The maximum atomic E-state index is 12.3. The lowest BCUT2D eigenvalue weighted by atomic mass is 10.1. The van der Waals surface area contributed by atoms with Crippen LogP contribution in [0.5, 0.6) is 0 Å². The molecule has 0 aliphatic heterocycles. The minimum atomic E-state index is -0.336. The second kappa shape index (κ2) is 4.71. The highest BCUT2D eigenvalue weighted by Gasteiger charge is 2.14. The van der Waals surface area contributed by atoms with Crippen molar-refractivity contribution < 1.29 is 9.52 Å². The van der Waals surface area contributed by atoms with Gasteiger partial charge in [0.05, 0.1) is 17.6 Å². The van der Waals surface area contributed by atoms with Crippen molar-refractivity contribution in [3.05, 3.63) is 70.4 Å². The molecule has 3 rings (SSSR count). The predicted octanol–water partition coefficient (Wildman–Crippen LogP) is 2.95. The summed E-state index contributed by atoms with van der Waals surface area (Å²) in [6.45, 7) is -0.336. The fourth-order valence-corrected chi connectivity index (χ4v) is 2.15. The number of hydrogen-bond acceptors (Lipinski definition) is 3. The van der Waals surface area contributed by atoms with Gasteiger partial charge in [-0.3, -0.25) is 4.79 Å². The number of benzene rings is 2. The second-order valence-electron chi connectivity index (χ2n) is 4.26. The van der Waals surface area contributed by atoms with Crippen molar-refractivity contribution in [3.8, 4) is 11.3 Å². The molecule has 1 N–H and O–H groups in total. The van der Waals surface area contributed by atoms with Crippen molar-refractivity contribution in [1.82, 2.24) is 0 Å². The Hall–Kier alpha value is -2.39. The van der Waals surface area contributed by atoms with Gasteiger partial charge in [-0.1, -0.05) is 42.5 Å². The van der Waals surface area contributed by atoms with E-state index >= 15 is 0 Å². The van der Waals surface area contributed by atoms with Crippen LogP contribution in [-0.4, -0.2) is 5.11 Å². The Bertz CT molecular complexity index is 773. The van der Waals surface area contributed by atoms with E-state index in [1.165, 1.54) is 0 Å². The van der Waals surface area contributed by atoms with Crippen molar-refractivity contribution in [3.63, 3.8) is 0 Å². The molecule has 0 radical (unpaired) electrons. The fourth-order valence-electron chi connectivity index (χ4n) is 2.15. The summed E-state index contributed by atoms with van der Waals surface area (Å²) in [6, 6.07) is 16.4. The minimum absolute atomic E-state index is 0.178. The van der Waals surface area contributed by atoms with Gasteiger partial charge in [-0.25, -0.2) is 0 Å². The highest BCUT2D eigenvalue weighted by molar-refractivity contribution is 5.80. The highest BCUT2D eigenvalue weighted by Crippen LogP contribution is 2.25. The smallest absolute Gasteiger partial charge is 0.198 e. The number of aliphatic hydroxyl groups excluding tert-OH is 1. The molecule has 0 saturated carbocycles. The molecular weight excluding hydrogens is 240 g/mol. The summed E-state index contributed by atoms with van der Waals surface area (Å²) >= 11 is 0. The predicted molar refractivity (Wildman–Crippen MR) is 73.8 cm³/mol. The second-order valence-corrected chi connectivity index (χ2v) is 4.26. The van der Waals surface area contributed by atoms with Gasteiger partial charge < -0.3 is 9.52 Å². The van der Waals surface area contributed by atoms with E-state index in [0.29, 0.717) is 22.3 Å². The van der Waals surface area contributed by atoms with E-state index < -0.39 is 0 Å². The molecule has 19 heavy (non-hydrogen) atoms. The SMILES string of the molecule is O=c1c(CO)c(-c2ccccc2)oc2ccccc12. The van der Waals surface area contributed by atoms with E-state index in [1.807, 2.05) is 36.4 Å². The topological polar surface area (TPSA) is 50.4 Å². The Kier molecular flexibility index (Phi) is 2.89. The van der Waals surface area contributed by atoms with Gasteiger partial charge in [-0.05, 0) is 12.1 Å². The number of hydrogen-bond donors (Lipinski definition) is 1. The monoisotopic (exact) mass is 252 g/mol. The third kappa shape index (κ3) is 1.94. The number of rotatable bonds is 2. The van der Waals surface area contributed by atoms with E-state index in [-0.39, 0.29) is 12.0 Å². The molecule has 0 atom stereocenters. The van der Waals surface area contributed by atoms with Gasteiger partial charge in [0.25, 0.3) is 0 Å². The van der Waals surface area contributed by atoms with Crippen LogP contribution >= 0.6 is 0 Å². The molecule has 2 aromatic carbocycles. The summed E-state index contributed by atoms with van der Waals surface area (Å²) in [4.78, 5) is 12.3. The zero-order valence-corrected chi connectivity index (χ0v) is 10.2. The molecule has 1 heterocycles. The molecule has 0 aliphatic rings. The minimum Gasteiger partial charge on any atom is -0.455 e. The Morgan fingerprint density at radius 1 is 0.947 bits per heavy atom. The van der Waals surface area contributed by atoms with E-state index in [1.54, 1.807) is 18.2 Å². The van der Waals surface area contributed by atoms with Crippen LogP contribution in [0.2, 0.25) is 0 Å². The van der Waals surface area contributed by atoms with Gasteiger partial charge in [0, 0.05) is 5.56 Å². The van der Waals surface area contributed by atoms with Gasteiger partial charge in [-0.15, -0.1) is 0 Å². The highest BCUT2D eigenvalue weighted by atomic mass is 16.3. The van der Waals surface area contributed by atoms with Gasteiger partial charge in [-0.2, -0.15) is 0 Å². The average Bonchev–Trinajstić information content (AvgIpc) is 2.48. The fraction of sp³-hybridized carbons (Fsp3) is 0.0625. The molecule has 3 nitrogen and oxygen atoms in total. The molecule has 0 spiro atoms. The van der Waals surface area contributed by atoms with Gasteiger partial charge >= 0.3 is 0 Å². The molecular formula is C16H12O3. The van der Waals surface area contributed by atoms with Crippen LogP contribution < -0.4 is 5.43 Å². The number of para-hydroxylation sites is 1. The first-order valence-corrected chi connectivity index (χ1v) is 6.02. The molecule has 0 bridgehead atoms. The van der Waals surface area contributed by atoms with Gasteiger partial charge in [0.2, 0.25) is 0 Å². The van der Waals surface area contributed by atoms with Crippen LogP contribution in [-0.2, 0) is 6.61 Å². The molecule has 0 aliphatic carbocycles. The van der Waals surface area contributed by atoms with Crippen LogP contribution in [0.1, 0.15) is 5.56 Å². The molecule has 0 unspecified atom stereocenters. The lowest BCUT2D eigenvalue weighted by Crippen LogP contribution is -2.10. The average molecular weight is 252 g/mol. The normalized spacial score (nSPS) is 10.8. The van der Waals surface area contributed by atoms with E-state index in [2.05, 4.69) is 0 Å². The summed E-state index contributed by atoms with van der Waals surface area (Å²) in [5.74, 6) is 0.437. The van der Waals surface area contributed by atoms with Crippen molar-refractivity contribution in [2.75, 3.05) is 0 Å². The summed E-state index contributed by atoms with van der Waals surface area (Å²) in [5.41, 5.74) is 1.44. The maximum absolute atomic E-state index is 12.3. The lowest BCUT2D eigenvalue weighted by molar-refractivity contribution is 0.279. The van der Waals surface area contributed by atoms with Crippen molar-refractivity contribution in [2.45, 2.75) is 6.61 Å². The summed E-state index contributed by atoms with van der Waals surface area (Å²) in [7, 11) is 0. The quantitative estimate of drug-likeness (QED) is 0.762. The van der Waals surface area contributed by atoms with Crippen molar-refractivity contribution in [1.29, 1.82) is 0 Å². The first-order chi connectivity index (χ1) is 9.31. The van der Waals surface area contributed by atoms with Crippen molar-refractivity contribution in [2.24, 2.45) is 0 Å². The van der Waals surface area contributed by atoms with E-state index in [4.69, 9.17) is 4.42 Å². The van der Waals surface area contributed by atoms with Crippen molar-refractivity contribution >= 4 is 11.0 Å². The van der Waals surface area contributed by atoms with E-state index in [9.17, 15) is 9.90 Å². The lowest BCUT2D eigenvalue weighted by Gasteiger charge is -2.08. The Morgan fingerprint density at radius 2 is 1.63 bits per heavy atom. The van der Waals surface area contributed by atoms with Crippen LogP contribution in [0.15, 0.2) is 63.8 Å². The first-order valence-electron chi connectivity index (χ1n) is 6.02. The number of fused-ring (bicyclic) bond motifs is 1. The van der Waals surface area contributed by atoms with Crippen LogP contribution in [0, 0.1) is 0 Å². The number of aliphatic hydroxyl groups is 1. The first kappa shape index (κ1) is 11.7. The van der Waals surface area contributed by atoms with Gasteiger partial charge in [0.1, 0.15) is 11.3 Å². The standard InChI is InChI=1S/C16H12O3/c17-10-13-15(18)12-8-4-5-9-14(12)19-16(13)11-6-2-1-3-7-11/h1-9,17H,10H2. The van der Waals surface area contributed by atoms with Gasteiger partial charge in [0.15, 0.2) is 5.43 Å². The largest absolute Gasteiger partial charge is 0.455 e. The zero-order chi connectivity index (χ0) is 13.2. The zero-order valence-electron chi connectivity index (χ0n) is 10.2. The van der Waals surface area contributed by atoms with E-state index in [0.717, 1.165) is 5.56 Å². The molecule has 1 aromatic heterocycles. The molecule has 0 fully saturated rings. The Morgan fingerprint density at radius 3 is 2.37 bits per heavy atom. The summed E-state index contributed by atoms with van der Waals surface area (Å²) < 4.78 is 5.79. The Labute approximate surface area is 109 Å². The third-order valence-corrected chi connectivity index (χ3v) is 3.09. The Balaban J connectivity index is 2.39. The van der Waals surface area contributed by atoms with Crippen LogP contribution in [0.3, 0.4) is 0 Å². The maximum Gasteiger partial charge on any atom is 0.198 e. The van der Waals surface area contributed by atoms with Crippen LogP contribution in [0.25, 0.3) is 22.3 Å². The molecule has 94 valence electrons. The summed E-state index contributed by atoms with van der Waals surface area (Å²) in [6.07, 6.45) is 0. The summed E-state index contributed by atoms with van der Waals surface area (Å²) in [5, 5.41) is 9.95. The molecule has 3 aromatic rings. The molecule has 3 heteroatoms. The molecule has 0 saturated heterocycles. The third-order valence-electron chi connectivity index (χ3n) is 3.09.